The van der Waals surface area contributed by atoms with Crippen molar-refractivity contribution >= 4 is 10.0 Å². The highest BCUT2D eigenvalue weighted by molar-refractivity contribution is 7.89. The van der Waals surface area contributed by atoms with Gasteiger partial charge in [-0.1, -0.05) is 13.8 Å². The van der Waals surface area contributed by atoms with Crippen LogP contribution in [0.2, 0.25) is 0 Å². The summed E-state index contributed by atoms with van der Waals surface area (Å²) >= 11 is 0. The van der Waals surface area contributed by atoms with Crippen LogP contribution < -0.4 is 9.88 Å². The molecule has 0 radical (unpaired) electrons. The van der Waals surface area contributed by atoms with Crippen LogP contribution in [0.4, 0.5) is 0 Å². The summed E-state index contributed by atoms with van der Waals surface area (Å²) in [4.78, 5) is 0.179. The number of hydrogen-bond donors (Lipinski definition) is 1. The minimum atomic E-state index is -3.68. The third kappa shape index (κ3) is 3.94. The summed E-state index contributed by atoms with van der Waals surface area (Å²) in [5, 5.41) is 5.22. The van der Waals surface area contributed by atoms with Crippen molar-refractivity contribution in [1.29, 1.82) is 0 Å². The lowest BCUT2D eigenvalue weighted by Crippen LogP contribution is -2.15. The van der Waals surface area contributed by atoms with Gasteiger partial charge in [-0.25, -0.2) is 13.6 Å². The SMILES string of the molecule is Cc1cc(S(N)(=O)=O)c(C)c(C)c1OCCC(C)C. The Morgan fingerprint density at radius 3 is 2.26 bits per heavy atom. The van der Waals surface area contributed by atoms with E-state index in [-0.39, 0.29) is 4.90 Å². The van der Waals surface area contributed by atoms with Crippen LogP contribution in [0.15, 0.2) is 11.0 Å². The molecule has 0 bridgehead atoms. The number of nitrogens with two attached hydrogens (primary N) is 1. The van der Waals surface area contributed by atoms with Crippen molar-refractivity contribution < 1.29 is 13.2 Å². The van der Waals surface area contributed by atoms with Gasteiger partial charge in [0.25, 0.3) is 0 Å². The summed E-state index contributed by atoms with van der Waals surface area (Å²) in [6.45, 7) is 10.4. The van der Waals surface area contributed by atoms with Gasteiger partial charge in [0.05, 0.1) is 11.5 Å². The fourth-order valence-corrected chi connectivity index (χ4v) is 2.86. The molecule has 0 heterocycles. The van der Waals surface area contributed by atoms with E-state index in [9.17, 15) is 8.42 Å². The van der Waals surface area contributed by atoms with E-state index < -0.39 is 10.0 Å². The average Bonchev–Trinajstić information content (AvgIpc) is 2.26. The maximum atomic E-state index is 11.5. The van der Waals surface area contributed by atoms with E-state index in [0.717, 1.165) is 23.3 Å². The lowest BCUT2D eigenvalue weighted by atomic mass is 10.0. The minimum Gasteiger partial charge on any atom is -0.493 e. The molecule has 108 valence electrons. The maximum absolute atomic E-state index is 11.5. The van der Waals surface area contributed by atoms with Gasteiger partial charge in [0.1, 0.15) is 5.75 Å². The first kappa shape index (κ1) is 16.0. The predicted molar refractivity (Wildman–Crippen MR) is 77.0 cm³/mol. The van der Waals surface area contributed by atoms with Gasteiger partial charge in [-0.15, -0.1) is 0 Å². The molecule has 0 spiro atoms. The van der Waals surface area contributed by atoms with E-state index in [0.29, 0.717) is 18.1 Å². The highest BCUT2D eigenvalue weighted by Crippen LogP contribution is 2.30. The molecule has 1 aromatic carbocycles. The van der Waals surface area contributed by atoms with Gasteiger partial charge in [-0.2, -0.15) is 0 Å². The molecule has 0 saturated carbocycles. The van der Waals surface area contributed by atoms with E-state index in [2.05, 4.69) is 13.8 Å². The topological polar surface area (TPSA) is 69.4 Å². The Kier molecular flexibility index (Phi) is 4.98. The third-order valence-electron chi connectivity index (χ3n) is 3.23. The van der Waals surface area contributed by atoms with Crippen LogP contribution in [-0.2, 0) is 10.0 Å². The second-order valence-electron chi connectivity index (χ2n) is 5.35. The Labute approximate surface area is 116 Å². The summed E-state index contributed by atoms with van der Waals surface area (Å²) in [7, 11) is -3.68. The predicted octanol–water partition coefficient (Wildman–Crippen LogP) is 2.68. The molecular formula is C14H23NO3S. The molecule has 0 atom stereocenters. The first-order chi connectivity index (χ1) is 8.64. The number of benzene rings is 1. The Morgan fingerprint density at radius 1 is 1.21 bits per heavy atom. The fourth-order valence-electron chi connectivity index (χ4n) is 1.94. The van der Waals surface area contributed by atoms with Crippen molar-refractivity contribution in [1.82, 2.24) is 0 Å². The quantitative estimate of drug-likeness (QED) is 0.904. The molecule has 2 N–H and O–H groups in total. The average molecular weight is 285 g/mol. The minimum absolute atomic E-state index is 0.179. The highest BCUT2D eigenvalue weighted by atomic mass is 32.2. The lowest BCUT2D eigenvalue weighted by Gasteiger charge is -2.17. The van der Waals surface area contributed by atoms with Crippen molar-refractivity contribution in [3.05, 3.63) is 22.8 Å². The zero-order valence-corrected chi connectivity index (χ0v) is 13.1. The molecule has 1 rings (SSSR count). The van der Waals surface area contributed by atoms with Crippen LogP contribution in [0.1, 0.15) is 37.0 Å². The molecule has 0 fully saturated rings. The van der Waals surface area contributed by atoms with Gasteiger partial charge >= 0.3 is 0 Å². The zero-order valence-electron chi connectivity index (χ0n) is 12.3. The van der Waals surface area contributed by atoms with Crippen LogP contribution in [0, 0.1) is 26.7 Å². The van der Waals surface area contributed by atoms with Gasteiger partial charge in [-0.05, 0) is 55.9 Å². The molecule has 0 aliphatic rings. The molecule has 4 nitrogen and oxygen atoms in total. The third-order valence-corrected chi connectivity index (χ3v) is 4.26. The van der Waals surface area contributed by atoms with Crippen molar-refractivity contribution in [2.45, 2.75) is 45.9 Å². The number of aryl methyl sites for hydroxylation is 1. The van der Waals surface area contributed by atoms with Crippen LogP contribution in [0.5, 0.6) is 5.75 Å². The Bertz CT molecular complexity index is 563. The van der Waals surface area contributed by atoms with Crippen LogP contribution in [-0.4, -0.2) is 15.0 Å². The van der Waals surface area contributed by atoms with E-state index >= 15 is 0 Å². The Morgan fingerprint density at radius 2 is 1.79 bits per heavy atom. The number of primary sulfonamides is 1. The second kappa shape index (κ2) is 5.92. The summed E-state index contributed by atoms with van der Waals surface area (Å²) in [6.07, 6.45) is 0.967. The lowest BCUT2D eigenvalue weighted by molar-refractivity contribution is 0.285. The van der Waals surface area contributed by atoms with E-state index in [1.165, 1.54) is 0 Å². The van der Waals surface area contributed by atoms with Gasteiger partial charge in [0.2, 0.25) is 10.0 Å². The molecular weight excluding hydrogens is 262 g/mol. The van der Waals surface area contributed by atoms with Gasteiger partial charge < -0.3 is 4.74 Å². The monoisotopic (exact) mass is 285 g/mol. The second-order valence-corrected chi connectivity index (χ2v) is 6.88. The van der Waals surface area contributed by atoms with E-state index in [1.54, 1.807) is 13.0 Å². The summed E-state index contributed by atoms with van der Waals surface area (Å²) in [6, 6.07) is 1.59. The van der Waals surface area contributed by atoms with Crippen LogP contribution in [0.25, 0.3) is 0 Å². The normalized spacial score (nSPS) is 11.9. The van der Waals surface area contributed by atoms with Crippen molar-refractivity contribution in [3.63, 3.8) is 0 Å². The van der Waals surface area contributed by atoms with Crippen LogP contribution in [0.3, 0.4) is 0 Å². The molecule has 0 amide bonds. The largest absolute Gasteiger partial charge is 0.493 e. The van der Waals surface area contributed by atoms with E-state index in [1.807, 2.05) is 13.8 Å². The van der Waals surface area contributed by atoms with Crippen LogP contribution >= 0.6 is 0 Å². The first-order valence-electron chi connectivity index (χ1n) is 6.41. The molecule has 0 unspecified atom stereocenters. The van der Waals surface area contributed by atoms with Crippen molar-refractivity contribution in [3.8, 4) is 5.75 Å². The first-order valence-corrected chi connectivity index (χ1v) is 7.95. The Balaban J connectivity index is 3.13. The molecule has 1 aromatic rings. The van der Waals surface area contributed by atoms with Crippen molar-refractivity contribution in [2.75, 3.05) is 6.61 Å². The summed E-state index contributed by atoms with van der Waals surface area (Å²) in [5.74, 6) is 1.34. The number of sulfonamides is 1. The zero-order chi connectivity index (χ0) is 14.8. The standard InChI is InChI=1S/C14H23NO3S/c1-9(2)6-7-18-14-10(3)8-13(19(15,16)17)11(4)12(14)5/h8-9H,6-7H2,1-5H3,(H2,15,16,17). The highest BCUT2D eigenvalue weighted by Gasteiger charge is 2.18. The van der Waals surface area contributed by atoms with E-state index in [4.69, 9.17) is 9.88 Å². The number of hydrogen-bond acceptors (Lipinski definition) is 3. The molecule has 5 heteroatoms. The maximum Gasteiger partial charge on any atom is 0.238 e. The molecule has 0 aromatic heterocycles. The number of ether oxygens (including phenoxy) is 1. The summed E-state index contributed by atoms with van der Waals surface area (Å²) < 4.78 is 28.8. The molecule has 0 saturated heterocycles. The van der Waals surface area contributed by atoms with Crippen molar-refractivity contribution in [2.24, 2.45) is 11.1 Å². The molecule has 0 aliphatic carbocycles. The molecule has 0 aliphatic heterocycles. The Hall–Kier alpha value is -1.07. The van der Waals surface area contributed by atoms with Gasteiger partial charge in [-0.3, -0.25) is 0 Å². The number of rotatable bonds is 5. The summed E-state index contributed by atoms with van der Waals surface area (Å²) in [5.41, 5.74) is 2.30. The van der Waals surface area contributed by atoms with Gasteiger partial charge in [0, 0.05) is 0 Å². The fraction of sp³-hybridized carbons (Fsp3) is 0.571. The molecule has 19 heavy (non-hydrogen) atoms. The van der Waals surface area contributed by atoms with Gasteiger partial charge in [0.15, 0.2) is 0 Å². The smallest absolute Gasteiger partial charge is 0.238 e.